The Kier molecular flexibility index (Phi) is 6.14. The second kappa shape index (κ2) is 8.74. The third kappa shape index (κ3) is 4.09. The topological polar surface area (TPSA) is 64.6 Å². The molecule has 1 amide bonds. The van der Waals surface area contributed by atoms with E-state index in [-0.39, 0.29) is 25.0 Å². The largest absolute Gasteiger partial charge is 0.460 e. The van der Waals surface area contributed by atoms with Gasteiger partial charge in [0.1, 0.15) is 19.3 Å². The molecule has 3 rings (SSSR count). The molecule has 146 valence electrons. The van der Waals surface area contributed by atoms with Crippen LogP contribution in [0, 0.1) is 5.92 Å². The molecule has 2 aromatic carbocycles. The Bertz CT molecular complexity index is 829. The highest BCUT2D eigenvalue weighted by atomic mass is 16.6. The lowest BCUT2D eigenvalue weighted by Gasteiger charge is -2.21. The zero-order valence-electron chi connectivity index (χ0n) is 16.2. The summed E-state index contributed by atoms with van der Waals surface area (Å²) >= 11 is 0. The number of fused-ring (bicyclic) bond motifs is 3. The summed E-state index contributed by atoms with van der Waals surface area (Å²) in [6.07, 6.45) is 0.860. The molecule has 0 heterocycles. The van der Waals surface area contributed by atoms with Crippen molar-refractivity contribution in [3.8, 4) is 11.1 Å². The Balaban J connectivity index is 1.67. The third-order valence-electron chi connectivity index (χ3n) is 4.88. The summed E-state index contributed by atoms with van der Waals surface area (Å²) in [6.45, 7) is 7.50. The van der Waals surface area contributed by atoms with E-state index in [1.807, 2.05) is 38.1 Å². The fourth-order valence-corrected chi connectivity index (χ4v) is 3.50. The van der Waals surface area contributed by atoms with Crippen molar-refractivity contribution < 1.29 is 19.1 Å². The highest BCUT2D eigenvalue weighted by molar-refractivity contribution is 5.82. The predicted octanol–water partition coefficient (Wildman–Crippen LogP) is 4.28. The molecule has 0 radical (unpaired) electrons. The standard InChI is InChI=1S/C23H25NO4/c1-4-13-27-22(25)21(15(2)3)24-23(26)28-14-20-18-11-7-5-9-16(18)17-10-6-8-12-19(17)20/h4-12,15,20-21H,1,13-14H2,2-3H3,(H,24,26)/t21-/m0/s1. The molecule has 1 aliphatic carbocycles. The van der Waals surface area contributed by atoms with Gasteiger partial charge in [-0.2, -0.15) is 0 Å². The van der Waals surface area contributed by atoms with Gasteiger partial charge in [-0.25, -0.2) is 9.59 Å². The Morgan fingerprint density at radius 1 is 1.04 bits per heavy atom. The summed E-state index contributed by atoms with van der Waals surface area (Å²) < 4.78 is 10.6. The maximum absolute atomic E-state index is 12.4. The Hall–Kier alpha value is -3.08. The molecule has 0 bridgehead atoms. The fraction of sp³-hybridized carbons (Fsp3) is 0.304. The van der Waals surface area contributed by atoms with E-state index in [1.54, 1.807) is 0 Å². The summed E-state index contributed by atoms with van der Waals surface area (Å²) in [5.41, 5.74) is 4.62. The van der Waals surface area contributed by atoms with Crippen molar-refractivity contribution in [2.24, 2.45) is 5.92 Å². The molecular formula is C23H25NO4. The summed E-state index contributed by atoms with van der Waals surface area (Å²) in [6, 6.07) is 15.5. The minimum absolute atomic E-state index is 0.0247. The third-order valence-corrected chi connectivity index (χ3v) is 4.88. The van der Waals surface area contributed by atoms with Crippen LogP contribution in [-0.4, -0.2) is 31.3 Å². The first-order valence-electron chi connectivity index (χ1n) is 9.42. The van der Waals surface area contributed by atoms with E-state index in [1.165, 1.54) is 17.2 Å². The average Bonchev–Trinajstić information content (AvgIpc) is 3.02. The van der Waals surface area contributed by atoms with Gasteiger partial charge in [0.25, 0.3) is 0 Å². The first-order chi connectivity index (χ1) is 13.5. The van der Waals surface area contributed by atoms with E-state index >= 15 is 0 Å². The molecular weight excluding hydrogens is 354 g/mol. The number of ether oxygens (including phenoxy) is 2. The Morgan fingerprint density at radius 3 is 2.14 bits per heavy atom. The molecule has 1 N–H and O–H groups in total. The first-order valence-corrected chi connectivity index (χ1v) is 9.42. The number of esters is 1. The quantitative estimate of drug-likeness (QED) is 0.576. The number of alkyl carbamates (subject to hydrolysis) is 1. The van der Waals surface area contributed by atoms with Gasteiger partial charge in [-0.05, 0) is 28.2 Å². The van der Waals surface area contributed by atoms with Crippen LogP contribution in [0.5, 0.6) is 0 Å². The smallest absolute Gasteiger partial charge is 0.407 e. The number of nitrogens with one attached hydrogen (secondary N) is 1. The van der Waals surface area contributed by atoms with E-state index in [0.717, 1.165) is 11.1 Å². The van der Waals surface area contributed by atoms with Crippen LogP contribution < -0.4 is 5.32 Å². The second-order valence-electron chi connectivity index (χ2n) is 7.11. The van der Waals surface area contributed by atoms with Crippen LogP contribution in [0.15, 0.2) is 61.2 Å². The first kappa shape index (κ1) is 19.7. The van der Waals surface area contributed by atoms with Crippen molar-refractivity contribution in [1.29, 1.82) is 0 Å². The van der Waals surface area contributed by atoms with Gasteiger partial charge >= 0.3 is 12.1 Å². The number of carbonyl (C=O) groups is 2. The van der Waals surface area contributed by atoms with Crippen molar-refractivity contribution in [1.82, 2.24) is 5.32 Å². The lowest BCUT2D eigenvalue weighted by atomic mass is 9.98. The maximum Gasteiger partial charge on any atom is 0.407 e. The predicted molar refractivity (Wildman–Crippen MR) is 108 cm³/mol. The van der Waals surface area contributed by atoms with E-state index in [9.17, 15) is 9.59 Å². The number of carbonyl (C=O) groups excluding carboxylic acids is 2. The summed E-state index contributed by atoms with van der Waals surface area (Å²) in [5.74, 6) is -0.649. The zero-order chi connectivity index (χ0) is 20.1. The van der Waals surface area contributed by atoms with Gasteiger partial charge in [0.15, 0.2) is 0 Å². The average molecular weight is 379 g/mol. The van der Waals surface area contributed by atoms with Crippen LogP contribution in [0.1, 0.15) is 30.9 Å². The molecule has 5 heteroatoms. The molecule has 1 atom stereocenters. The molecule has 0 spiro atoms. The van der Waals surface area contributed by atoms with Crippen LogP contribution >= 0.6 is 0 Å². The normalized spacial score (nSPS) is 13.4. The zero-order valence-corrected chi connectivity index (χ0v) is 16.2. The minimum Gasteiger partial charge on any atom is -0.460 e. The van der Waals surface area contributed by atoms with Crippen LogP contribution in [0.3, 0.4) is 0 Å². The van der Waals surface area contributed by atoms with Gasteiger partial charge in [-0.1, -0.05) is 75.0 Å². The Labute approximate surface area is 165 Å². The van der Waals surface area contributed by atoms with Crippen molar-refractivity contribution in [2.75, 3.05) is 13.2 Å². The van der Waals surface area contributed by atoms with E-state index < -0.39 is 18.1 Å². The van der Waals surface area contributed by atoms with Gasteiger partial charge in [0, 0.05) is 5.92 Å². The highest BCUT2D eigenvalue weighted by Gasteiger charge is 2.30. The van der Waals surface area contributed by atoms with Gasteiger partial charge in [-0.3, -0.25) is 0 Å². The number of hydrogen-bond acceptors (Lipinski definition) is 4. The summed E-state index contributed by atoms with van der Waals surface area (Å²) in [7, 11) is 0. The maximum atomic E-state index is 12.4. The van der Waals surface area contributed by atoms with Crippen molar-refractivity contribution in [2.45, 2.75) is 25.8 Å². The van der Waals surface area contributed by atoms with Crippen LogP contribution in [-0.2, 0) is 14.3 Å². The molecule has 0 saturated heterocycles. The van der Waals surface area contributed by atoms with Gasteiger partial charge < -0.3 is 14.8 Å². The summed E-state index contributed by atoms with van der Waals surface area (Å²) in [4.78, 5) is 24.5. The number of hydrogen-bond donors (Lipinski definition) is 1. The SMILES string of the molecule is C=CCOC(=O)[C@@H](NC(=O)OCC1c2ccccc2-c2ccccc21)C(C)C. The summed E-state index contributed by atoms with van der Waals surface area (Å²) in [5, 5.41) is 2.63. The van der Waals surface area contributed by atoms with Crippen LogP contribution in [0.25, 0.3) is 11.1 Å². The van der Waals surface area contributed by atoms with E-state index in [2.05, 4.69) is 36.2 Å². The number of amides is 1. The minimum atomic E-state index is -0.768. The fourth-order valence-electron chi connectivity index (χ4n) is 3.50. The number of benzene rings is 2. The molecule has 0 unspecified atom stereocenters. The lowest BCUT2D eigenvalue weighted by Crippen LogP contribution is -2.45. The molecule has 1 aliphatic rings. The monoisotopic (exact) mass is 379 g/mol. The van der Waals surface area contributed by atoms with Crippen molar-refractivity contribution in [3.63, 3.8) is 0 Å². The van der Waals surface area contributed by atoms with Crippen LogP contribution in [0.4, 0.5) is 4.79 Å². The molecule has 0 saturated carbocycles. The van der Waals surface area contributed by atoms with Gasteiger partial charge in [0.2, 0.25) is 0 Å². The molecule has 0 fully saturated rings. The molecule has 5 nitrogen and oxygen atoms in total. The van der Waals surface area contributed by atoms with E-state index in [0.29, 0.717) is 0 Å². The lowest BCUT2D eigenvalue weighted by molar-refractivity contribution is -0.146. The highest BCUT2D eigenvalue weighted by Crippen LogP contribution is 2.44. The van der Waals surface area contributed by atoms with Crippen molar-refractivity contribution in [3.05, 3.63) is 72.3 Å². The van der Waals surface area contributed by atoms with Crippen molar-refractivity contribution >= 4 is 12.1 Å². The van der Waals surface area contributed by atoms with Crippen LogP contribution in [0.2, 0.25) is 0 Å². The molecule has 2 aromatic rings. The molecule has 0 aliphatic heterocycles. The molecule has 0 aromatic heterocycles. The van der Waals surface area contributed by atoms with E-state index in [4.69, 9.17) is 9.47 Å². The number of rotatable bonds is 7. The van der Waals surface area contributed by atoms with Gasteiger partial charge in [-0.15, -0.1) is 0 Å². The second-order valence-corrected chi connectivity index (χ2v) is 7.11. The van der Waals surface area contributed by atoms with Gasteiger partial charge in [0.05, 0.1) is 0 Å². The Morgan fingerprint density at radius 2 is 1.61 bits per heavy atom. The molecule has 28 heavy (non-hydrogen) atoms.